The molecule has 0 atom stereocenters. The minimum atomic E-state index is -0.541. The van der Waals surface area contributed by atoms with Crippen molar-refractivity contribution in [2.45, 2.75) is 46.3 Å². The first-order valence-electron chi connectivity index (χ1n) is 7.65. The van der Waals surface area contributed by atoms with E-state index in [9.17, 15) is 9.59 Å². The van der Waals surface area contributed by atoms with Gasteiger partial charge in [0.25, 0.3) is 5.91 Å². The number of pyridine rings is 1. The summed E-state index contributed by atoms with van der Waals surface area (Å²) in [4.78, 5) is 27.8. The summed E-state index contributed by atoms with van der Waals surface area (Å²) in [6.07, 6.45) is 1.13. The van der Waals surface area contributed by atoms with Gasteiger partial charge in [0.15, 0.2) is 0 Å². The molecule has 0 unspecified atom stereocenters. The number of hydrogen-bond acceptors (Lipinski definition) is 5. The molecule has 0 saturated carbocycles. The molecule has 0 aliphatic rings. The van der Waals surface area contributed by atoms with Crippen molar-refractivity contribution in [3.05, 3.63) is 23.9 Å². The number of carbonyl (C=O) groups excluding carboxylic acids is 2. The first-order chi connectivity index (χ1) is 10.7. The van der Waals surface area contributed by atoms with Crippen LogP contribution in [-0.2, 0) is 4.74 Å². The molecular formula is C16H26N4O3. The fourth-order valence-corrected chi connectivity index (χ4v) is 1.73. The second-order valence-electron chi connectivity index (χ2n) is 6.38. The van der Waals surface area contributed by atoms with E-state index in [1.54, 1.807) is 39.1 Å². The number of nitrogens with one attached hydrogen (secondary N) is 3. The van der Waals surface area contributed by atoms with E-state index in [-0.39, 0.29) is 18.5 Å². The summed E-state index contributed by atoms with van der Waals surface area (Å²) in [7, 11) is 0. The van der Waals surface area contributed by atoms with E-state index in [4.69, 9.17) is 4.74 Å². The number of carbonyl (C=O) groups is 2. The monoisotopic (exact) mass is 322 g/mol. The van der Waals surface area contributed by atoms with Gasteiger partial charge in [-0.05, 0) is 46.8 Å². The number of aromatic nitrogens is 1. The van der Waals surface area contributed by atoms with Gasteiger partial charge in [0.2, 0.25) is 0 Å². The lowest BCUT2D eigenvalue weighted by molar-refractivity contribution is 0.0526. The molecule has 0 aliphatic carbocycles. The predicted molar refractivity (Wildman–Crippen MR) is 89.6 cm³/mol. The molecule has 0 bridgehead atoms. The SMILES string of the molecule is CC(C)Nc1ncccc1C(=O)NCCNC(=O)OC(C)(C)C. The van der Waals surface area contributed by atoms with Gasteiger partial charge in [0, 0.05) is 25.3 Å². The van der Waals surface area contributed by atoms with Crippen LogP contribution in [0.2, 0.25) is 0 Å². The Morgan fingerprint density at radius 1 is 1.22 bits per heavy atom. The smallest absolute Gasteiger partial charge is 0.407 e. The largest absolute Gasteiger partial charge is 0.444 e. The number of amides is 2. The molecule has 1 rings (SSSR count). The van der Waals surface area contributed by atoms with Gasteiger partial charge in [-0.15, -0.1) is 0 Å². The molecular weight excluding hydrogens is 296 g/mol. The van der Waals surface area contributed by atoms with Crippen LogP contribution in [0.25, 0.3) is 0 Å². The van der Waals surface area contributed by atoms with Crippen molar-refractivity contribution < 1.29 is 14.3 Å². The molecule has 0 aromatic carbocycles. The Labute approximate surface area is 137 Å². The Hall–Kier alpha value is -2.31. The maximum atomic E-state index is 12.2. The molecule has 0 spiro atoms. The van der Waals surface area contributed by atoms with Crippen molar-refractivity contribution in [1.82, 2.24) is 15.6 Å². The molecule has 0 aliphatic heterocycles. The fraction of sp³-hybridized carbons (Fsp3) is 0.562. The predicted octanol–water partition coefficient (Wildman–Crippen LogP) is 2.16. The standard InChI is InChI=1S/C16H26N4O3/c1-11(2)20-13-12(7-6-8-17-13)14(21)18-9-10-19-15(22)23-16(3,4)5/h6-8,11H,9-10H2,1-5H3,(H,17,20)(H,18,21)(H,19,22). The van der Waals surface area contributed by atoms with Crippen molar-refractivity contribution in [2.24, 2.45) is 0 Å². The molecule has 1 aromatic heterocycles. The average molecular weight is 322 g/mol. The van der Waals surface area contributed by atoms with Crippen LogP contribution in [0, 0.1) is 0 Å². The Balaban J connectivity index is 2.44. The van der Waals surface area contributed by atoms with Crippen LogP contribution >= 0.6 is 0 Å². The van der Waals surface area contributed by atoms with Crippen LogP contribution in [-0.4, -0.2) is 41.7 Å². The van der Waals surface area contributed by atoms with Crippen molar-refractivity contribution >= 4 is 17.8 Å². The highest BCUT2D eigenvalue weighted by Crippen LogP contribution is 2.12. The van der Waals surface area contributed by atoms with Crippen LogP contribution in [0.1, 0.15) is 45.0 Å². The molecule has 23 heavy (non-hydrogen) atoms. The summed E-state index contributed by atoms with van der Waals surface area (Å²) in [5.74, 6) is 0.298. The van der Waals surface area contributed by atoms with Gasteiger partial charge < -0.3 is 20.7 Å². The summed E-state index contributed by atoms with van der Waals surface area (Å²) in [6, 6.07) is 3.58. The lowest BCUT2D eigenvalue weighted by Crippen LogP contribution is -2.38. The Bertz CT molecular complexity index is 538. The highest BCUT2D eigenvalue weighted by molar-refractivity contribution is 5.98. The lowest BCUT2D eigenvalue weighted by atomic mass is 10.2. The van der Waals surface area contributed by atoms with E-state index in [0.29, 0.717) is 17.9 Å². The van der Waals surface area contributed by atoms with Gasteiger partial charge in [-0.3, -0.25) is 4.79 Å². The van der Waals surface area contributed by atoms with Gasteiger partial charge in [-0.1, -0.05) is 0 Å². The van der Waals surface area contributed by atoms with Crippen LogP contribution in [0.5, 0.6) is 0 Å². The number of alkyl carbamates (subject to hydrolysis) is 1. The minimum Gasteiger partial charge on any atom is -0.444 e. The maximum Gasteiger partial charge on any atom is 0.407 e. The Morgan fingerprint density at radius 3 is 2.48 bits per heavy atom. The van der Waals surface area contributed by atoms with Gasteiger partial charge in [0.1, 0.15) is 11.4 Å². The molecule has 2 amide bonds. The number of rotatable bonds is 6. The van der Waals surface area contributed by atoms with Gasteiger partial charge >= 0.3 is 6.09 Å². The van der Waals surface area contributed by atoms with Crippen LogP contribution in [0.4, 0.5) is 10.6 Å². The van der Waals surface area contributed by atoms with Crippen LogP contribution in [0.15, 0.2) is 18.3 Å². The minimum absolute atomic E-state index is 0.172. The Morgan fingerprint density at radius 2 is 1.87 bits per heavy atom. The molecule has 0 fully saturated rings. The molecule has 7 nitrogen and oxygen atoms in total. The summed E-state index contributed by atoms with van der Waals surface area (Å²) < 4.78 is 5.11. The van der Waals surface area contributed by atoms with Gasteiger partial charge in [0.05, 0.1) is 5.56 Å². The van der Waals surface area contributed by atoms with E-state index in [0.717, 1.165) is 0 Å². The van der Waals surface area contributed by atoms with Gasteiger partial charge in [-0.25, -0.2) is 9.78 Å². The van der Waals surface area contributed by atoms with E-state index in [1.165, 1.54) is 0 Å². The topological polar surface area (TPSA) is 92.4 Å². The second-order valence-corrected chi connectivity index (χ2v) is 6.38. The summed E-state index contributed by atoms with van der Waals surface area (Å²) in [6.45, 7) is 9.91. The molecule has 0 saturated heterocycles. The van der Waals surface area contributed by atoms with Crippen molar-refractivity contribution in [1.29, 1.82) is 0 Å². The third-order valence-electron chi connectivity index (χ3n) is 2.56. The number of nitrogens with zero attached hydrogens (tertiary/aromatic N) is 1. The summed E-state index contributed by atoms with van der Waals surface area (Å²) >= 11 is 0. The average Bonchev–Trinajstić information content (AvgIpc) is 2.41. The highest BCUT2D eigenvalue weighted by atomic mass is 16.6. The number of ether oxygens (including phenoxy) is 1. The van der Waals surface area contributed by atoms with E-state index in [1.807, 2.05) is 13.8 Å². The zero-order chi connectivity index (χ0) is 17.5. The quantitative estimate of drug-likeness (QED) is 0.698. The Kier molecular flexibility index (Phi) is 6.81. The highest BCUT2D eigenvalue weighted by Gasteiger charge is 2.16. The maximum absolute atomic E-state index is 12.2. The molecule has 1 heterocycles. The van der Waals surface area contributed by atoms with Crippen molar-refractivity contribution in [3.8, 4) is 0 Å². The first-order valence-corrected chi connectivity index (χ1v) is 7.65. The molecule has 0 radical (unpaired) electrons. The van der Waals surface area contributed by atoms with E-state index in [2.05, 4.69) is 20.9 Å². The third-order valence-corrected chi connectivity index (χ3v) is 2.56. The van der Waals surface area contributed by atoms with E-state index >= 15 is 0 Å². The van der Waals surface area contributed by atoms with Crippen LogP contribution < -0.4 is 16.0 Å². The van der Waals surface area contributed by atoms with Crippen molar-refractivity contribution in [2.75, 3.05) is 18.4 Å². The normalized spacial score (nSPS) is 11.0. The van der Waals surface area contributed by atoms with Crippen molar-refractivity contribution in [3.63, 3.8) is 0 Å². The molecule has 128 valence electrons. The number of hydrogen-bond donors (Lipinski definition) is 3. The first kappa shape index (κ1) is 18.7. The number of anilines is 1. The molecule has 3 N–H and O–H groups in total. The summed E-state index contributed by atoms with van der Waals surface area (Å²) in [5, 5.41) is 8.45. The van der Waals surface area contributed by atoms with Crippen LogP contribution in [0.3, 0.4) is 0 Å². The summed E-state index contributed by atoms with van der Waals surface area (Å²) in [5.41, 5.74) is -0.0704. The zero-order valence-electron chi connectivity index (χ0n) is 14.4. The second kappa shape index (κ2) is 8.36. The zero-order valence-corrected chi connectivity index (χ0v) is 14.4. The molecule has 1 aromatic rings. The molecule has 7 heteroatoms. The van der Waals surface area contributed by atoms with Gasteiger partial charge in [-0.2, -0.15) is 0 Å². The fourth-order valence-electron chi connectivity index (χ4n) is 1.73. The lowest BCUT2D eigenvalue weighted by Gasteiger charge is -2.19. The van der Waals surface area contributed by atoms with E-state index < -0.39 is 11.7 Å². The third kappa shape index (κ3) is 7.49.